The smallest absolute Gasteiger partial charge is 0.384 e. The van der Waals surface area contributed by atoms with E-state index in [4.69, 9.17) is 11.6 Å². The number of ether oxygens (including phenoxy) is 1. The molecule has 0 heterocycles. The second-order valence-corrected chi connectivity index (χ2v) is 3.66. The molecule has 72 valence electrons. The van der Waals surface area contributed by atoms with Gasteiger partial charge in [0.05, 0.1) is 7.11 Å². The van der Waals surface area contributed by atoms with Crippen LogP contribution in [0.5, 0.6) is 0 Å². The molecule has 0 aliphatic rings. The fraction of sp³-hybridized carbons (Fsp3) is 0.100. The van der Waals surface area contributed by atoms with Crippen LogP contribution >= 0.6 is 27.5 Å². The molecule has 0 atom stereocenters. The quantitative estimate of drug-likeness (QED) is 0.536. The number of benzene rings is 1. The number of rotatable bonds is 0. The van der Waals surface area contributed by atoms with Gasteiger partial charge < -0.3 is 4.74 Å². The van der Waals surface area contributed by atoms with Crippen LogP contribution in [0.25, 0.3) is 0 Å². The summed E-state index contributed by atoms with van der Waals surface area (Å²) >= 11 is 9.02. The highest BCUT2D eigenvalue weighted by Gasteiger charge is 1.97. The van der Waals surface area contributed by atoms with Gasteiger partial charge >= 0.3 is 5.97 Å². The molecule has 2 nitrogen and oxygen atoms in total. The van der Waals surface area contributed by atoms with Gasteiger partial charge in [-0.2, -0.15) is 0 Å². The Kier molecular flexibility index (Phi) is 3.99. The van der Waals surface area contributed by atoms with E-state index in [1.54, 1.807) is 18.2 Å². The van der Waals surface area contributed by atoms with Gasteiger partial charge in [0.25, 0.3) is 0 Å². The molecule has 0 aliphatic heterocycles. The zero-order chi connectivity index (χ0) is 10.6. The van der Waals surface area contributed by atoms with Crippen LogP contribution in [0.15, 0.2) is 22.7 Å². The molecule has 1 aromatic carbocycles. The minimum absolute atomic E-state index is 0.563. The van der Waals surface area contributed by atoms with Crippen molar-refractivity contribution in [1.29, 1.82) is 0 Å². The first-order valence-electron chi connectivity index (χ1n) is 3.68. The molecule has 0 bridgehead atoms. The van der Waals surface area contributed by atoms with Crippen LogP contribution in [-0.4, -0.2) is 13.1 Å². The molecule has 0 radical (unpaired) electrons. The average molecular weight is 274 g/mol. The van der Waals surface area contributed by atoms with Gasteiger partial charge in [0.1, 0.15) is 0 Å². The predicted octanol–water partition coefficient (Wildman–Crippen LogP) is 2.63. The van der Waals surface area contributed by atoms with Crippen molar-refractivity contribution in [2.75, 3.05) is 7.11 Å². The maximum atomic E-state index is 10.7. The lowest BCUT2D eigenvalue weighted by atomic mass is 10.2. The standard InChI is InChI=1S/C10H6BrClO2/c1-14-10(13)5-3-7-2-4-8(12)6-9(7)11/h2,4,6H,1H3. The zero-order valence-corrected chi connectivity index (χ0v) is 9.65. The van der Waals surface area contributed by atoms with Gasteiger partial charge in [-0.1, -0.05) is 17.5 Å². The molecule has 0 N–H and O–H groups in total. The van der Waals surface area contributed by atoms with Crippen molar-refractivity contribution >= 4 is 33.5 Å². The molecule has 0 amide bonds. The van der Waals surface area contributed by atoms with Crippen molar-refractivity contribution in [3.63, 3.8) is 0 Å². The third kappa shape index (κ3) is 3.06. The molecule has 1 aromatic rings. The third-order valence-corrected chi connectivity index (χ3v) is 2.31. The number of carbonyl (C=O) groups excluding carboxylic acids is 1. The number of esters is 1. The lowest BCUT2D eigenvalue weighted by molar-refractivity contribution is -0.133. The van der Waals surface area contributed by atoms with E-state index in [2.05, 4.69) is 32.5 Å². The molecule has 14 heavy (non-hydrogen) atoms. The minimum Gasteiger partial charge on any atom is -0.459 e. The van der Waals surface area contributed by atoms with Crippen molar-refractivity contribution in [2.24, 2.45) is 0 Å². The summed E-state index contributed by atoms with van der Waals surface area (Å²) in [6, 6.07) is 5.14. The molecule has 0 saturated heterocycles. The lowest BCUT2D eigenvalue weighted by Gasteiger charge is -1.95. The fourth-order valence-corrected chi connectivity index (χ4v) is 1.54. The van der Waals surface area contributed by atoms with Crippen LogP contribution in [0, 0.1) is 11.8 Å². The Labute approximate surface area is 95.3 Å². The van der Waals surface area contributed by atoms with Crippen LogP contribution in [0.2, 0.25) is 5.02 Å². The first-order chi connectivity index (χ1) is 6.63. The highest BCUT2D eigenvalue weighted by molar-refractivity contribution is 9.10. The van der Waals surface area contributed by atoms with Crippen LogP contribution in [0.1, 0.15) is 5.56 Å². The molecule has 0 aromatic heterocycles. The summed E-state index contributed by atoms with van der Waals surface area (Å²) in [4.78, 5) is 10.7. The van der Waals surface area contributed by atoms with Crippen molar-refractivity contribution < 1.29 is 9.53 Å². The summed E-state index contributed by atoms with van der Waals surface area (Å²) < 4.78 is 5.13. The van der Waals surface area contributed by atoms with Crippen molar-refractivity contribution in [3.05, 3.63) is 33.3 Å². The Bertz CT molecular complexity index is 418. The van der Waals surface area contributed by atoms with E-state index < -0.39 is 5.97 Å². The molecule has 1 rings (SSSR count). The average Bonchev–Trinajstić information content (AvgIpc) is 2.16. The first-order valence-corrected chi connectivity index (χ1v) is 4.85. The minimum atomic E-state index is -0.563. The Morgan fingerprint density at radius 3 is 2.86 bits per heavy atom. The highest BCUT2D eigenvalue weighted by Crippen LogP contribution is 2.20. The molecule has 4 heteroatoms. The van der Waals surface area contributed by atoms with Crippen LogP contribution in [0.4, 0.5) is 0 Å². The maximum absolute atomic E-state index is 10.7. The fourth-order valence-electron chi connectivity index (χ4n) is 0.760. The second-order valence-electron chi connectivity index (χ2n) is 2.37. The summed E-state index contributed by atoms with van der Waals surface area (Å²) in [5.74, 6) is 4.42. The summed E-state index contributed by atoms with van der Waals surface area (Å²) in [5.41, 5.74) is 0.694. The maximum Gasteiger partial charge on any atom is 0.384 e. The summed E-state index contributed by atoms with van der Waals surface area (Å²) in [6.45, 7) is 0. The van der Waals surface area contributed by atoms with Gasteiger partial charge in [-0.15, -0.1) is 0 Å². The Morgan fingerprint density at radius 1 is 1.57 bits per heavy atom. The van der Waals surface area contributed by atoms with Gasteiger partial charge in [0.15, 0.2) is 0 Å². The molecular formula is C10H6BrClO2. The topological polar surface area (TPSA) is 26.3 Å². The Hall–Kier alpha value is -0.980. The van der Waals surface area contributed by atoms with E-state index in [1.165, 1.54) is 7.11 Å². The predicted molar refractivity (Wildman–Crippen MR) is 58.0 cm³/mol. The van der Waals surface area contributed by atoms with Gasteiger partial charge in [0.2, 0.25) is 0 Å². The zero-order valence-electron chi connectivity index (χ0n) is 7.30. The van der Waals surface area contributed by atoms with Crippen LogP contribution in [0.3, 0.4) is 0 Å². The van der Waals surface area contributed by atoms with Gasteiger partial charge in [-0.3, -0.25) is 0 Å². The van der Waals surface area contributed by atoms with E-state index in [-0.39, 0.29) is 0 Å². The van der Waals surface area contributed by atoms with E-state index in [1.807, 2.05) is 0 Å². The number of carbonyl (C=O) groups is 1. The monoisotopic (exact) mass is 272 g/mol. The van der Waals surface area contributed by atoms with Crippen LogP contribution < -0.4 is 0 Å². The number of hydrogen-bond donors (Lipinski definition) is 0. The van der Waals surface area contributed by atoms with Gasteiger partial charge in [0, 0.05) is 21.0 Å². The highest BCUT2D eigenvalue weighted by atomic mass is 79.9. The largest absolute Gasteiger partial charge is 0.459 e. The van der Waals surface area contributed by atoms with Crippen molar-refractivity contribution in [1.82, 2.24) is 0 Å². The van der Waals surface area contributed by atoms with E-state index in [0.29, 0.717) is 10.6 Å². The van der Waals surface area contributed by atoms with E-state index in [9.17, 15) is 4.79 Å². The van der Waals surface area contributed by atoms with E-state index in [0.717, 1.165) is 4.47 Å². The second kappa shape index (κ2) is 5.04. The Morgan fingerprint density at radius 2 is 2.29 bits per heavy atom. The van der Waals surface area contributed by atoms with Gasteiger partial charge in [-0.25, -0.2) is 4.79 Å². The molecule has 0 spiro atoms. The third-order valence-electron chi connectivity index (χ3n) is 1.42. The normalized spacial score (nSPS) is 8.79. The summed E-state index contributed by atoms with van der Waals surface area (Å²) in [5, 5.41) is 0.612. The van der Waals surface area contributed by atoms with Crippen molar-refractivity contribution in [2.45, 2.75) is 0 Å². The molecule has 0 fully saturated rings. The number of methoxy groups -OCH3 is 1. The summed E-state index contributed by atoms with van der Waals surface area (Å²) in [6.07, 6.45) is 0. The molecule has 0 unspecified atom stereocenters. The molecule has 0 saturated carbocycles. The van der Waals surface area contributed by atoms with Crippen molar-refractivity contribution in [3.8, 4) is 11.8 Å². The number of hydrogen-bond acceptors (Lipinski definition) is 2. The SMILES string of the molecule is COC(=O)C#Cc1ccc(Cl)cc1Br. The molecular weight excluding hydrogens is 267 g/mol. The van der Waals surface area contributed by atoms with Crippen LogP contribution in [-0.2, 0) is 9.53 Å². The van der Waals surface area contributed by atoms with Gasteiger partial charge in [-0.05, 0) is 34.1 Å². The first kappa shape index (κ1) is 11.1. The lowest BCUT2D eigenvalue weighted by Crippen LogP contribution is -1.94. The van der Waals surface area contributed by atoms with E-state index >= 15 is 0 Å². The molecule has 0 aliphatic carbocycles. The Balaban J connectivity index is 2.96. The summed E-state index contributed by atoms with van der Waals surface area (Å²) in [7, 11) is 1.29. The number of halogens is 2.